The standard InChI is InChI=1S/C18H23N5O2/c1-23-17(21-16(22-23)13-3-2-8-19-10-13)12-6-7-15(24)14(9-12)20-18(25)11-4-5-11/h2-3,8,10-12,14-15,24H,4-7,9H2,1H3,(H,20,25)/t12-,14+,15+/m0/s1. The Kier molecular flexibility index (Phi) is 4.25. The van der Waals surface area contributed by atoms with E-state index in [9.17, 15) is 9.90 Å². The largest absolute Gasteiger partial charge is 0.391 e. The van der Waals surface area contributed by atoms with Crippen LogP contribution in [0.5, 0.6) is 0 Å². The Balaban J connectivity index is 1.51. The van der Waals surface area contributed by atoms with E-state index in [4.69, 9.17) is 4.98 Å². The molecule has 3 atom stereocenters. The molecule has 2 aliphatic rings. The number of nitrogens with zero attached hydrogens (tertiary/aromatic N) is 4. The summed E-state index contributed by atoms with van der Waals surface area (Å²) in [6, 6.07) is 3.60. The SMILES string of the molecule is Cn1nc(-c2cccnc2)nc1[C@H]1CC[C@@H](O)[C@H](NC(=O)C2CC2)C1. The van der Waals surface area contributed by atoms with Gasteiger partial charge in [-0.15, -0.1) is 0 Å². The van der Waals surface area contributed by atoms with Gasteiger partial charge in [-0.1, -0.05) is 0 Å². The van der Waals surface area contributed by atoms with Gasteiger partial charge in [-0.25, -0.2) is 4.98 Å². The highest BCUT2D eigenvalue weighted by atomic mass is 16.3. The molecule has 0 aromatic carbocycles. The third kappa shape index (κ3) is 3.42. The molecule has 132 valence electrons. The lowest BCUT2D eigenvalue weighted by Crippen LogP contribution is -2.47. The number of carbonyl (C=O) groups is 1. The van der Waals surface area contributed by atoms with Crippen molar-refractivity contribution in [3.8, 4) is 11.4 Å². The van der Waals surface area contributed by atoms with Crippen LogP contribution in [0.4, 0.5) is 0 Å². The molecule has 1 amide bonds. The van der Waals surface area contributed by atoms with Crippen molar-refractivity contribution in [2.45, 2.75) is 50.2 Å². The van der Waals surface area contributed by atoms with Gasteiger partial charge in [0.1, 0.15) is 5.82 Å². The zero-order valence-corrected chi connectivity index (χ0v) is 14.3. The van der Waals surface area contributed by atoms with E-state index in [1.165, 1.54) is 0 Å². The number of hydrogen-bond acceptors (Lipinski definition) is 5. The molecule has 2 heterocycles. The summed E-state index contributed by atoms with van der Waals surface area (Å²) in [6.07, 6.45) is 7.13. The minimum Gasteiger partial charge on any atom is -0.391 e. The number of aliphatic hydroxyl groups is 1. The molecule has 2 N–H and O–H groups in total. The maximum Gasteiger partial charge on any atom is 0.223 e. The molecule has 2 aromatic rings. The normalized spacial score (nSPS) is 26.4. The van der Waals surface area contributed by atoms with Crippen LogP contribution in [0.2, 0.25) is 0 Å². The number of carbonyl (C=O) groups excluding carboxylic acids is 1. The predicted octanol–water partition coefficient (Wildman–Crippen LogP) is 1.40. The summed E-state index contributed by atoms with van der Waals surface area (Å²) in [6.45, 7) is 0. The van der Waals surface area contributed by atoms with Crippen molar-refractivity contribution in [1.82, 2.24) is 25.1 Å². The molecule has 0 radical (unpaired) electrons. The number of aliphatic hydroxyl groups excluding tert-OH is 1. The third-order valence-corrected chi connectivity index (χ3v) is 5.17. The second-order valence-electron chi connectivity index (χ2n) is 7.13. The number of amides is 1. The van der Waals surface area contributed by atoms with E-state index >= 15 is 0 Å². The minimum atomic E-state index is -0.482. The molecule has 4 rings (SSSR count). The van der Waals surface area contributed by atoms with Crippen molar-refractivity contribution in [2.24, 2.45) is 13.0 Å². The highest BCUT2D eigenvalue weighted by Crippen LogP contribution is 2.34. The van der Waals surface area contributed by atoms with Crippen molar-refractivity contribution in [3.63, 3.8) is 0 Å². The van der Waals surface area contributed by atoms with Crippen molar-refractivity contribution in [2.75, 3.05) is 0 Å². The Labute approximate surface area is 146 Å². The molecule has 2 saturated carbocycles. The van der Waals surface area contributed by atoms with Crippen LogP contribution in [0.25, 0.3) is 11.4 Å². The van der Waals surface area contributed by atoms with Gasteiger partial charge in [0.15, 0.2) is 5.82 Å². The van der Waals surface area contributed by atoms with Crippen molar-refractivity contribution in [1.29, 1.82) is 0 Å². The number of rotatable bonds is 4. The first-order valence-corrected chi connectivity index (χ1v) is 8.91. The number of hydrogen-bond donors (Lipinski definition) is 2. The molecule has 0 aliphatic heterocycles. The first-order chi connectivity index (χ1) is 12.1. The fourth-order valence-corrected chi connectivity index (χ4v) is 3.56. The monoisotopic (exact) mass is 341 g/mol. The molecular weight excluding hydrogens is 318 g/mol. The Hall–Kier alpha value is -2.28. The summed E-state index contributed by atoms with van der Waals surface area (Å²) in [7, 11) is 1.89. The molecule has 0 saturated heterocycles. The van der Waals surface area contributed by atoms with Gasteiger partial charge in [-0.3, -0.25) is 14.5 Å². The van der Waals surface area contributed by atoms with E-state index in [1.54, 1.807) is 12.4 Å². The molecule has 0 spiro atoms. The van der Waals surface area contributed by atoms with Crippen molar-refractivity contribution >= 4 is 5.91 Å². The summed E-state index contributed by atoms with van der Waals surface area (Å²) in [5, 5.41) is 17.8. The first kappa shape index (κ1) is 16.2. The second-order valence-corrected chi connectivity index (χ2v) is 7.13. The van der Waals surface area contributed by atoms with Crippen LogP contribution in [0, 0.1) is 5.92 Å². The fraction of sp³-hybridized carbons (Fsp3) is 0.556. The zero-order valence-electron chi connectivity index (χ0n) is 14.3. The van der Waals surface area contributed by atoms with E-state index < -0.39 is 6.10 Å². The van der Waals surface area contributed by atoms with Crippen LogP contribution in [0.3, 0.4) is 0 Å². The van der Waals surface area contributed by atoms with Crippen LogP contribution >= 0.6 is 0 Å². The third-order valence-electron chi connectivity index (χ3n) is 5.17. The highest BCUT2D eigenvalue weighted by Gasteiger charge is 2.37. The fourth-order valence-electron chi connectivity index (χ4n) is 3.56. The van der Waals surface area contributed by atoms with E-state index in [2.05, 4.69) is 15.4 Å². The number of pyridine rings is 1. The number of aromatic nitrogens is 4. The van der Waals surface area contributed by atoms with Gasteiger partial charge in [0.05, 0.1) is 12.1 Å². The van der Waals surface area contributed by atoms with Gasteiger partial charge in [0.2, 0.25) is 5.91 Å². The Bertz CT molecular complexity index is 756. The quantitative estimate of drug-likeness (QED) is 0.877. The van der Waals surface area contributed by atoms with Crippen LogP contribution in [0.15, 0.2) is 24.5 Å². The summed E-state index contributed by atoms with van der Waals surface area (Å²) in [4.78, 5) is 20.9. The van der Waals surface area contributed by atoms with Gasteiger partial charge in [-0.2, -0.15) is 5.10 Å². The van der Waals surface area contributed by atoms with E-state index in [1.807, 2.05) is 23.9 Å². The van der Waals surface area contributed by atoms with E-state index in [0.29, 0.717) is 18.7 Å². The van der Waals surface area contributed by atoms with Gasteiger partial charge in [0, 0.05) is 36.8 Å². The van der Waals surface area contributed by atoms with Crippen molar-refractivity contribution in [3.05, 3.63) is 30.4 Å². The Morgan fingerprint density at radius 2 is 2.16 bits per heavy atom. The van der Waals surface area contributed by atoms with Gasteiger partial charge in [-0.05, 0) is 44.2 Å². The molecule has 7 heteroatoms. The van der Waals surface area contributed by atoms with E-state index in [-0.39, 0.29) is 23.8 Å². The molecule has 25 heavy (non-hydrogen) atoms. The molecule has 0 bridgehead atoms. The summed E-state index contributed by atoms with van der Waals surface area (Å²) >= 11 is 0. The number of aryl methyl sites for hydroxylation is 1. The molecular formula is C18H23N5O2. The lowest BCUT2D eigenvalue weighted by molar-refractivity contribution is -0.124. The zero-order chi connectivity index (χ0) is 17.4. The van der Waals surface area contributed by atoms with Crippen molar-refractivity contribution < 1.29 is 9.90 Å². The van der Waals surface area contributed by atoms with Crippen LogP contribution in [-0.2, 0) is 11.8 Å². The minimum absolute atomic E-state index is 0.0821. The number of nitrogens with one attached hydrogen (secondary N) is 1. The van der Waals surface area contributed by atoms with Crippen LogP contribution < -0.4 is 5.32 Å². The first-order valence-electron chi connectivity index (χ1n) is 8.91. The summed E-state index contributed by atoms with van der Waals surface area (Å²) in [5.41, 5.74) is 0.888. The van der Waals surface area contributed by atoms with Gasteiger partial charge < -0.3 is 10.4 Å². The lowest BCUT2D eigenvalue weighted by atomic mass is 9.83. The molecule has 2 fully saturated rings. The topological polar surface area (TPSA) is 92.9 Å². The molecule has 0 unspecified atom stereocenters. The Morgan fingerprint density at radius 3 is 2.88 bits per heavy atom. The summed E-state index contributed by atoms with van der Waals surface area (Å²) in [5.74, 6) is 1.97. The smallest absolute Gasteiger partial charge is 0.223 e. The predicted molar refractivity (Wildman–Crippen MR) is 91.5 cm³/mol. The van der Waals surface area contributed by atoms with Crippen LogP contribution in [-0.4, -0.2) is 42.9 Å². The Morgan fingerprint density at radius 1 is 1.32 bits per heavy atom. The van der Waals surface area contributed by atoms with E-state index in [0.717, 1.165) is 30.7 Å². The maximum atomic E-state index is 12.1. The summed E-state index contributed by atoms with van der Waals surface area (Å²) < 4.78 is 1.81. The average Bonchev–Trinajstić information content (AvgIpc) is 3.40. The second kappa shape index (κ2) is 6.55. The maximum absolute atomic E-state index is 12.1. The molecule has 7 nitrogen and oxygen atoms in total. The van der Waals surface area contributed by atoms with Gasteiger partial charge >= 0.3 is 0 Å². The molecule has 2 aromatic heterocycles. The highest BCUT2D eigenvalue weighted by molar-refractivity contribution is 5.81. The molecule has 2 aliphatic carbocycles. The van der Waals surface area contributed by atoms with Gasteiger partial charge in [0.25, 0.3) is 0 Å². The lowest BCUT2D eigenvalue weighted by Gasteiger charge is -2.33. The van der Waals surface area contributed by atoms with Crippen LogP contribution in [0.1, 0.15) is 43.8 Å². The average molecular weight is 341 g/mol.